The third-order valence-corrected chi connectivity index (χ3v) is 11.9. The predicted octanol–water partition coefficient (Wildman–Crippen LogP) is 11.2. The number of hydrogen-bond acceptors (Lipinski definition) is 4. The second-order valence-electron chi connectivity index (χ2n) is 13.9. The Balaban J connectivity index is 3.11. The van der Waals surface area contributed by atoms with Crippen molar-refractivity contribution in [2.24, 2.45) is 0 Å². The van der Waals surface area contributed by atoms with Crippen molar-refractivity contribution < 1.29 is 18.5 Å². The largest absolute Gasteiger partial charge is 0.493 e. The summed E-state index contributed by atoms with van der Waals surface area (Å²) in [5.41, 5.74) is 5.79. The van der Waals surface area contributed by atoms with Gasteiger partial charge in [-0.15, -0.1) is 0 Å². The quantitative estimate of drug-likeness (QED) is 0.244. The van der Waals surface area contributed by atoms with Gasteiger partial charge in [0.05, 0.1) is 30.5 Å². The van der Waals surface area contributed by atoms with Crippen LogP contribution in [-0.4, -0.2) is 36.9 Å². The van der Waals surface area contributed by atoms with Gasteiger partial charge in [-0.05, 0) is 46.2 Å². The van der Waals surface area contributed by atoms with Gasteiger partial charge < -0.3 is 18.5 Å². The molecular formula is C34H56O4P2. The van der Waals surface area contributed by atoms with Crippen molar-refractivity contribution in [3.05, 3.63) is 35.4 Å². The van der Waals surface area contributed by atoms with Gasteiger partial charge in [-0.3, -0.25) is 0 Å². The van der Waals surface area contributed by atoms with Gasteiger partial charge in [0.2, 0.25) is 0 Å². The first-order valence-corrected chi connectivity index (χ1v) is 17.5. The van der Waals surface area contributed by atoms with Crippen molar-refractivity contribution in [2.45, 2.75) is 130 Å². The molecule has 0 fully saturated rings. The summed E-state index contributed by atoms with van der Waals surface area (Å²) in [5.74, 6) is 3.11. The zero-order valence-corrected chi connectivity index (χ0v) is 29.9. The monoisotopic (exact) mass is 590 g/mol. The van der Waals surface area contributed by atoms with Crippen LogP contribution in [-0.2, 0) is 10.8 Å². The molecule has 0 aromatic heterocycles. The van der Waals surface area contributed by atoms with E-state index in [0.29, 0.717) is 22.6 Å². The van der Waals surface area contributed by atoms with E-state index in [1.54, 1.807) is 14.2 Å². The molecule has 0 radical (unpaired) electrons. The molecule has 40 heavy (non-hydrogen) atoms. The lowest BCUT2D eigenvalue weighted by Crippen LogP contribution is -2.15. The van der Waals surface area contributed by atoms with E-state index in [4.69, 9.17) is 18.5 Å². The highest BCUT2D eigenvalue weighted by Crippen LogP contribution is 2.58. The molecule has 0 heterocycles. The Morgan fingerprint density at radius 1 is 0.500 bits per heavy atom. The summed E-state index contributed by atoms with van der Waals surface area (Å²) >= 11 is 0. The summed E-state index contributed by atoms with van der Waals surface area (Å²) in [6, 6.07) is 8.86. The molecule has 0 saturated carbocycles. The second kappa shape index (κ2) is 13.6. The molecule has 2 rings (SSSR count). The summed E-state index contributed by atoms with van der Waals surface area (Å²) in [6.45, 7) is 31.4. The second-order valence-corrected chi connectivity index (χ2v) is 19.8. The standard InChI is InChI=1S/C34H56O4P2/c1-21(2)39(22(3)4)37-31-27(17-25(33(9,10)11)19-29(31)35-15)28-18-26(34(12,13)14)20-30(36-16)32(28)38-40(23(5)6)24(7)8/h17-24H,1-16H3. The summed E-state index contributed by atoms with van der Waals surface area (Å²) in [7, 11) is 1.97. The van der Waals surface area contributed by atoms with Crippen molar-refractivity contribution >= 4 is 16.3 Å². The first kappa shape index (κ1) is 34.7. The molecule has 0 spiro atoms. The Hall–Kier alpha value is -1.50. The molecule has 4 nitrogen and oxygen atoms in total. The maximum Gasteiger partial charge on any atom is 0.173 e. The molecule has 0 N–H and O–H groups in total. The number of rotatable bonds is 11. The van der Waals surface area contributed by atoms with E-state index < -0.39 is 16.3 Å². The van der Waals surface area contributed by atoms with E-state index in [1.807, 2.05) is 0 Å². The fraction of sp³-hybridized carbons (Fsp3) is 0.647. The Labute approximate surface area is 248 Å². The predicted molar refractivity (Wildman–Crippen MR) is 178 cm³/mol. The van der Waals surface area contributed by atoms with Gasteiger partial charge in [-0.1, -0.05) is 96.9 Å². The van der Waals surface area contributed by atoms with Crippen molar-refractivity contribution in [1.29, 1.82) is 0 Å². The molecule has 0 aliphatic heterocycles. The molecule has 0 aliphatic carbocycles. The average molecular weight is 591 g/mol. The van der Waals surface area contributed by atoms with E-state index in [0.717, 1.165) is 34.1 Å². The molecule has 0 bridgehead atoms. The summed E-state index contributed by atoms with van der Waals surface area (Å²) in [4.78, 5) is 0. The van der Waals surface area contributed by atoms with Crippen LogP contribution in [0.2, 0.25) is 0 Å². The maximum absolute atomic E-state index is 7.02. The number of hydrogen-bond donors (Lipinski definition) is 0. The molecule has 0 aliphatic rings. The molecule has 0 atom stereocenters. The summed E-state index contributed by atoms with van der Waals surface area (Å²) in [5, 5.41) is 0. The lowest BCUT2D eigenvalue weighted by Gasteiger charge is -2.32. The van der Waals surface area contributed by atoms with Gasteiger partial charge in [0.25, 0.3) is 0 Å². The maximum atomic E-state index is 7.02. The molecule has 0 unspecified atom stereocenters. The normalized spacial score (nSPS) is 12.8. The Morgan fingerprint density at radius 2 is 0.775 bits per heavy atom. The molecular weight excluding hydrogens is 534 g/mol. The van der Waals surface area contributed by atoms with Crippen LogP contribution in [0, 0.1) is 0 Å². The topological polar surface area (TPSA) is 36.9 Å². The van der Waals surface area contributed by atoms with Gasteiger partial charge in [-0.25, -0.2) is 0 Å². The molecule has 0 saturated heterocycles. The van der Waals surface area contributed by atoms with Gasteiger partial charge in [0, 0.05) is 33.8 Å². The molecule has 6 heteroatoms. The summed E-state index contributed by atoms with van der Waals surface area (Å²) in [6.07, 6.45) is 0. The highest BCUT2D eigenvalue weighted by Gasteiger charge is 2.31. The van der Waals surface area contributed by atoms with Crippen LogP contribution < -0.4 is 18.5 Å². The van der Waals surface area contributed by atoms with Crippen LogP contribution in [0.15, 0.2) is 24.3 Å². The highest BCUT2D eigenvalue weighted by atomic mass is 31.1. The molecule has 2 aromatic rings. The minimum absolute atomic E-state index is 0.0867. The van der Waals surface area contributed by atoms with E-state index in [-0.39, 0.29) is 10.8 Å². The van der Waals surface area contributed by atoms with Gasteiger partial charge in [-0.2, -0.15) is 0 Å². The fourth-order valence-corrected chi connectivity index (χ4v) is 8.81. The zero-order chi connectivity index (χ0) is 30.7. The third kappa shape index (κ3) is 8.29. The van der Waals surface area contributed by atoms with Crippen LogP contribution in [0.4, 0.5) is 0 Å². The minimum atomic E-state index is -0.758. The van der Waals surface area contributed by atoms with Crippen LogP contribution in [0.3, 0.4) is 0 Å². The SMILES string of the molecule is COc1cc(C(C)(C)C)cc(-c2cc(C(C)(C)C)cc(OC)c2OP(C(C)C)C(C)C)c1OP(C(C)C)C(C)C. The first-order valence-electron chi connectivity index (χ1n) is 14.7. The van der Waals surface area contributed by atoms with E-state index in [1.165, 1.54) is 11.1 Å². The van der Waals surface area contributed by atoms with Crippen LogP contribution in [0.25, 0.3) is 11.1 Å². The lowest BCUT2D eigenvalue weighted by atomic mass is 9.82. The Bertz CT molecular complexity index is 1020. The Kier molecular flexibility index (Phi) is 11.8. The Morgan fingerprint density at radius 3 is 0.975 bits per heavy atom. The number of benzene rings is 2. The van der Waals surface area contributed by atoms with Crippen molar-refractivity contribution in [2.75, 3.05) is 14.2 Å². The molecule has 2 aromatic carbocycles. The van der Waals surface area contributed by atoms with Crippen LogP contribution in [0.1, 0.15) is 108 Å². The van der Waals surface area contributed by atoms with Crippen molar-refractivity contribution in [3.8, 4) is 34.1 Å². The fourth-order valence-electron chi connectivity index (χ4n) is 4.79. The average Bonchev–Trinajstić information content (AvgIpc) is 2.82. The van der Waals surface area contributed by atoms with E-state index >= 15 is 0 Å². The molecule has 226 valence electrons. The van der Waals surface area contributed by atoms with Crippen LogP contribution >= 0.6 is 16.3 Å². The van der Waals surface area contributed by atoms with E-state index in [2.05, 4.69) is 121 Å². The smallest absolute Gasteiger partial charge is 0.173 e. The molecule has 0 amide bonds. The van der Waals surface area contributed by atoms with Gasteiger partial charge >= 0.3 is 0 Å². The van der Waals surface area contributed by atoms with Gasteiger partial charge in [0.1, 0.15) is 0 Å². The lowest BCUT2D eigenvalue weighted by molar-refractivity contribution is 0.393. The zero-order valence-electron chi connectivity index (χ0n) is 28.1. The van der Waals surface area contributed by atoms with Gasteiger partial charge in [0.15, 0.2) is 23.0 Å². The number of ether oxygens (including phenoxy) is 2. The van der Waals surface area contributed by atoms with Crippen LogP contribution in [0.5, 0.6) is 23.0 Å². The third-order valence-electron chi connectivity index (χ3n) is 7.00. The minimum Gasteiger partial charge on any atom is -0.493 e. The number of methoxy groups -OCH3 is 2. The highest BCUT2D eigenvalue weighted by molar-refractivity contribution is 7.54. The summed E-state index contributed by atoms with van der Waals surface area (Å²) < 4.78 is 26.2. The first-order chi connectivity index (χ1) is 18.3. The van der Waals surface area contributed by atoms with Crippen molar-refractivity contribution in [1.82, 2.24) is 0 Å². The van der Waals surface area contributed by atoms with Crippen molar-refractivity contribution in [3.63, 3.8) is 0 Å². The van der Waals surface area contributed by atoms with E-state index in [9.17, 15) is 0 Å².